The Morgan fingerprint density at radius 3 is 2.91 bits per heavy atom. The van der Waals surface area contributed by atoms with Crippen LogP contribution in [0, 0.1) is 0 Å². The van der Waals surface area contributed by atoms with Crippen molar-refractivity contribution in [2.45, 2.75) is 26.4 Å². The Hall–Kier alpha value is -2.21. The lowest BCUT2D eigenvalue weighted by molar-refractivity contribution is 0.252. The maximum atomic E-state index is 11.8. The lowest BCUT2D eigenvalue weighted by Crippen LogP contribution is -2.27. The smallest absolute Gasteiger partial charge is 0.322 e. The summed E-state index contributed by atoms with van der Waals surface area (Å²) in [4.78, 5) is 13.5. The zero-order valence-corrected chi connectivity index (χ0v) is 14.0. The Kier molecular flexibility index (Phi) is 4.43. The molecule has 122 valence electrons. The molecule has 6 nitrogen and oxygen atoms in total. The summed E-state index contributed by atoms with van der Waals surface area (Å²) >= 11 is 6.23. The minimum Gasteiger partial charge on any atom is -0.381 e. The molecular formula is C16H20ClN5O. The van der Waals surface area contributed by atoms with Crippen molar-refractivity contribution in [3.8, 4) is 0 Å². The number of anilines is 2. The van der Waals surface area contributed by atoms with Crippen LogP contribution in [0.15, 0.2) is 30.6 Å². The van der Waals surface area contributed by atoms with E-state index in [4.69, 9.17) is 11.6 Å². The molecule has 7 heteroatoms. The number of amides is 2. The highest BCUT2D eigenvalue weighted by Gasteiger charge is 2.23. The Labute approximate surface area is 140 Å². The number of nitrogens with one attached hydrogen (secondary N) is 2. The van der Waals surface area contributed by atoms with Gasteiger partial charge >= 0.3 is 6.03 Å². The minimum absolute atomic E-state index is 0.109. The first kappa shape index (κ1) is 15.7. The highest BCUT2D eigenvalue weighted by atomic mass is 35.5. The maximum Gasteiger partial charge on any atom is 0.322 e. The topological polar surface area (TPSA) is 62.2 Å². The second-order valence-corrected chi connectivity index (χ2v) is 6.23. The Balaban J connectivity index is 1.71. The van der Waals surface area contributed by atoms with Crippen molar-refractivity contribution >= 4 is 29.0 Å². The van der Waals surface area contributed by atoms with Gasteiger partial charge in [-0.2, -0.15) is 5.10 Å². The molecule has 2 heterocycles. The van der Waals surface area contributed by atoms with Gasteiger partial charge in [-0.1, -0.05) is 11.6 Å². The summed E-state index contributed by atoms with van der Waals surface area (Å²) in [6, 6.07) is 5.86. The van der Waals surface area contributed by atoms with Crippen LogP contribution in [-0.4, -0.2) is 28.9 Å². The third-order valence-electron chi connectivity index (χ3n) is 3.77. The fourth-order valence-electron chi connectivity index (χ4n) is 2.49. The van der Waals surface area contributed by atoms with Gasteiger partial charge in [-0.05, 0) is 32.0 Å². The van der Waals surface area contributed by atoms with Gasteiger partial charge in [0.25, 0.3) is 0 Å². The van der Waals surface area contributed by atoms with Gasteiger partial charge in [0, 0.05) is 43.1 Å². The average Bonchev–Trinajstić information content (AvgIpc) is 3.15. The molecule has 0 aliphatic carbocycles. The van der Waals surface area contributed by atoms with Gasteiger partial charge in [-0.3, -0.25) is 9.58 Å². The van der Waals surface area contributed by atoms with Crippen LogP contribution in [0.5, 0.6) is 0 Å². The summed E-state index contributed by atoms with van der Waals surface area (Å²) in [5.74, 6) is 0. The second-order valence-electron chi connectivity index (χ2n) is 5.83. The van der Waals surface area contributed by atoms with Crippen LogP contribution in [0.4, 0.5) is 16.2 Å². The van der Waals surface area contributed by atoms with Gasteiger partial charge in [0.15, 0.2) is 0 Å². The molecule has 23 heavy (non-hydrogen) atoms. The molecule has 1 saturated heterocycles. The van der Waals surface area contributed by atoms with Crippen LogP contribution >= 0.6 is 11.6 Å². The van der Waals surface area contributed by atoms with E-state index in [1.54, 1.807) is 4.90 Å². The minimum atomic E-state index is -0.109. The molecule has 0 atom stereocenters. The lowest BCUT2D eigenvalue weighted by atomic mass is 10.2. The normalized spacial score (nSPS) is 14.4. The molecule has 1 aliphatic heterocycles. The standard InChI is InChI=1S/C16H20ClN5O/c1-11(2)22-10-12(9-20-22)8-19-13-3-4-14(17)15(7-13)21-6-5-18-16(21)23/h3-4,7,9-11,19H,5-6,8H2,1-2H3,(H,18,23). The van der Waals surface area contributed by atoms with Crippen molar-refractivity contribution in [2.24, 2.45) is 0 Å². The molecule has 2 amide bonds. The van der Waals surface area contributed by atoms with E-state index in [1.165, 1.54) is 0 Å². The molecule has 2 aromatic rings. The first-order chi connectivity index (χ1) is 11.0. The molecule has 0 saturated carbocycles. The number of urea groups is 1. The number of carbonyl (C=O) groups excluding carboxylic acids is 1. The van der Waals surface area contributed by atoms with E-state index in [-0.39, 0.29) is 6.03 Å². The van der Waals surface area contributed by atoms with Gasteiger partial charge in [0.1, 0.15) is 0 Å². The van der Waals surface area contributed by atoms with Crippen LogP contribution in [0.2, 0.25) is 5.02 Å². The van der Waals surface area contributed by atoms with Crippen LogP contribution in [0.1, 0.15) is 25.5 Å². The molecule has 1 aromatic carbocycles. The number of hydrogen-bond acceptors (Lipinski definition) is 3. The van der Waals surface area contributed by atoms with Crippen molar-refractivity contribution in [3.05, 3.63) is 41.2 Å². The number of aromatic nitrogens is 2. The molecule has 0 bridgehead atoms. The summed E-state index contributed by atoms with van der Waals surface area (Å²) in [7, 11) is 0. The zero-order chi connectivity index (χ0) is 16.4. The summed E-state index contributed by atoms with van der Waals surface area (Å²) in [5.41, 5.74) is 2.75. The number of carbonyl (C=O) groups is 1. The van der Waals surface area contributed by atoms with Crippen molar-refractivity contribution in [3.63, 3.8) is 0 Å². The number of halogens is 1. The van der Waals surface area contributed by atoms with Gasteiger partial charge in [0.2, 0.25) is 0 Å². The molecule has 3 rings (SSSR count). The average molecular weight is 334 g/mol. The number of nitrogens with zero attached hydrogens (tertiary/aromatic N) is 3. The highest BCUT2D eigenvalue weighted by molar-refractivity contribution is 6.34. The van der Waals surface area contributed by atoms with Gasteiger partial charge in [0.05, 0.1) is 16.9 Å². The molecular weight excluding hydrogens is 314 g/mol. The van der Waals surface area contributed by atoms with E-state index in [9.17, 15) is 4.79 Å². The number of rotatable bonds is 5. The van der Waals surface area contributed by atoms with E-state index in [1.807, 2.05) is 35.3 Å². The summed E-state index contributed by atoms with van der Waals surface area (Å²) in [5, 5.41) is 11.0. The Bertz CT molecular complexity index is 712. The maximum absolute atomic E-state index is 11.8. The highest BCUT2D eigenvalue weighted by Crippen LogP contribution is 2.30. The third-order valence-corrected chi connectivity index (χ3v) is 4.09. The van der Waals surface area contributed by atoms with Crippen LogP contribution in [0.25, 0.3) is 0 Å². The van der Waals surface area contributed by atoms with E-state index < -0.39 is 0 Å². The van der Waals surface area contributed by atoms with E-state index in [0.717, 1.165) is 16.9 Å². The van der Waals surface area contributed by atoms with Crippen LogP contribution in [0.3, 0.4) is 0 Å². The van der Waals surface area contributed by atoms with Crippen molar-refractivity contribution in [1.82, 2.24) is 15.1 Å². The molecule has 1 aliphatic rings. The monoisotopic (exact) mass is 333 g/mol. The lowest BCUT2D eigenvalue weighted by Gasteiger charge is -2.17. The van der Waals surface area contributed by atoms with Gasteiger partial charge < -0.3 is 10.6 Å². The number of benzene rings is 1. The number of hydrogen-bond donors (Lipinski definition) is 2. The fourth-order valence-corrected chi connectivity index (χ4v) is 2.71. The largest absolute Gasteiger partial charge is 0.381 e. The zero-order valence-electron chi connectivity index (χ0n) is 13.2. The Morgan fingerprint density at radius 1 is 1.43 bits per heavy atom. The molecule has 0 radical (unpaired) electrons. The van der Waals surface area contributed by atoms with Crippen LogP contribution in [-0.2, 0) is 6.54 Å². The summed E-state index contributed by atoms with van der Waals surface area (Å²) in [6.45, 7) is 6.12. The van der Waals surface area contributed by atoms with Crippen molar-refractivity contribution in [2.75, 3.05) is 23.3 Å². The van der Waals surface area contributed by atoms with Gasteiger partial charge in [-0.25, -0.2) is 4.79 Å². The first-order valence-corrected chi connectivity index (χ1v) is 8.04. The van der Waals surface area contributed by atoms with E-state index in [2.05, 4.69) is 29.6 Å². The quantitative estimate of drug-likeness (QED) is 0.882. The predicted molar refractivity (Wildman–Crippen MR) is 92.1 cm³/mol. The first-order valence-electron chi connectivity index (χ1n) is 7.66. The molecule has 2 N–H and O–H groups in total. The van der Waals surface area contributed by atoms with Crippen molar-refractivity contribution in [1.29, 1.82) is 0 Å². The van der Waals surface area contributed by atoms with Crippen molar-refractivity contribution < 1.29 is 4.79 Å². The van der Waals surface area contributed by atoms with E-state index in [0.29, 0.717) is 30.7 Å². The molecule has 1 fully saturated rings. The second kappa shape index (κ2) is 6.50. The third kappa shape index (κ3) is 3.42. The van der Waals surface area contributed by atoms with E-state index >= 15 is 0 Å². The Morgan fingerprint density at radius 2 is 2.26 bits per heavy atom. The SMILES string of the molecule is CC(C)n1cc(CNc2ccc(Cl)c(N3CCNC3=O)c2)cn1. The molecule has 0 spiro atoms. The summed E-state index contributed by atoms with van der Waals surface area (Å²) < 4.78 is 1.93. The fraction of sp³-hybridized carbons (Fsp3) is 0.375. The summed E-state index contributed by atoms with van der Waals surface area (Å²) in [6.07, 6.45) is 3.89. The predicted octanol–water partition coefficient (Wildman–Crippen LogP) is 3.26. The van der Waals surface area contributed by atoms with Crippen LogP contribution < -0.4 is 15.5 Å². The molecule has 0 unspecified atom stereocenters. The van der Waals surface area contributed by atoms with Gasteiger partial charge in [-0.15, -0.1) is 0 Å². The molecule has 1 aromatic heterocycles.